The Morgan fingerprint density at radius 2 is 0.455 bits per heavy atom. The fraction of sp³-hybridized carbons (Fsp3) is 0. The van der Waals surface area contributed by atoms with Crippen molar-refractivity contribution >= 4 is 20.3 Å². The molecule has 0 saturated carbocycles. The van der Waals surface area contributed by atoms with E-state index in [1.165, 1.54) is 0 Å². The van der Waals surface area contributed by atoms with Crippen LogP contribution in [0.1, 0.15) is 0 Å². The summed E-state index contributed by atoms with van der Waals surface area (Å²) in [6.07, 6.45) is 0. The van der Waals surface area contributed by atoms with Crippen LogP contribution in [0.15, 0.2) is 0 Å². The fourth-order valence-electron chi connectivity index (χ4n) is 0. The molecule has 0 saturated heterocycles. The van der Waals surface area contributed by atoms with Crippen molar-refractivity contribution in [2.24, 2.45) is 0 Å². The fourth-order valence-corrected chi connectivity index (χ4v) is 0. The third kappa shape index (κ3) is 1410. The Bertz CT molecular complexity index is 12.1. The molecule has 0 spiro atoms. The molecule has 0 aliphatic carbocycles. The molecule has 0 rings (SSSR count). The second-order valence-corrected chi connectivity index (χ2v) is 1.77. The van der Waals surface area contributed by atoms with Crippen LogP contribution in [-0.2, 0) is 12.9 Å². The molecular weight excluding hydrogens is 258 g/mol. The van der Waals surface area contributed by atoms with Gasteiger partial charge in [0.1, 0.15) is 0 Å². The topological polar surface area (TPSA) is 252 Å². The summed E-state index contributed by atoms with van der Waals surface area (Å²) < 4.78 is 0. The second kappa shape index (κ2) is 329. The summed E-state index contributed by atoms with van der Waals surface area (Å²) in [5.74, 6) is 0. The van der Waals surface area contributed by atoms with Crippen LogP contribution in [0, 0.1) is 0 Å². The van der Waals surface area contributed by atoms with Gasteiger partial charge in [0.15, 0.2) is 0 Å². The van der Waals surface area contributed by atoms with E-state index in [4.69, 9.17) is 20.3 Å². The zero-order valence-electron chi connectivity index (χ0n) is 5.09. The van der Waals surface area contributed by atoms with Crippen molar-refractivity contribution in [2.45, 2.75) is 0 Å². The van der Waals surface area contributed by atoms with Crippen LogP contribution >= 0.6 is 20.3 Å². The molecule has 8 nitrogen and oxygen atoms in total. The Morgan fingerprint density at radius 3 is 0.455 bits per heavy atom. The van der Waals surface area contributed by atoms with Gasteiger partial charge in [-0.1, -0.05) is 0 Å². The van der Waals surface area contributed by atoms with Gasteiger partial charge >= 0.3 is 33.2 Å². The van der Waals surface area contributed by atoms with Crippen molar-refractivity contribution in [1.82, 2.24) is 0 Å². The first-order chi connectivity index (χ1) is 1.41. The summed E-state index contributed by atoms with van der Waals surface area (Å²) in [6.45, 7) is 0. The summed E-state index contributed by atoms with van der Waals surface area (Å²) in [6, 6.07) is 0. The van der Waals surface area contributed by atoms with E-state index in [9.17, 15) is 0 Å². The average Bonchev–Trinajstić information content (AvgIpc) is 0.918. The summed E-state index contributed by atoms with van der Waals surface area (Å²) >= 11 is 0.382. The van der Waals surface area contributed by atoms with Gasteiger partial charge in [0.2, 0.25) is 0 Å². The van der Waals surface area contributed by atoms with Gasteiger partial charge in [0, 0.05) is 0 Å². The van der Waals surface area contributed by atoms with E-state index in [1.54, 1.807) is 0 Å². The van der Waals surface area contributed by atoms with E-state index >= 15 is 0 Å². The predicted octanol–water partition coefficient (Wildman–Crippen LogP) is -5.22. The Hall–Kier alpha value is 0.766. The molecule has 87 valence electrons. The molecule has 0 aromatic carbocycles. The number of rotatable bonds is 0. The second-order valence-electron chi connectivity index (χ2n) is 0.0476. The first-order valence-electron chi connectivity index (χ1n) is 0.252. The first-order valence-corrected chi connectivity index (χ1v) is 3.12. The van der Waals surface area contributed by atoms with Crippen molar-refractivity contribution in [3.8, 4) is 0 Å². The standard InChI is InChI=1S/2ClH.Co.8H2O/h2*1H;;8*1H2/q;;+2;;;;;;;;/p-2. The third-order valence-electron chi connectivity index (χ3n) is 0. The van der Waals surface area contributed by atoms with Crippen LogP contribution in [0.4, 0.5) is 0 Å². The molecule has 11 heteroatoms. The van der Waals surface area contributed by atoms with Crippen LogP contribution in [0.2, 0.25) is 0 Å². The zero-order valence-corrected chi connectivity index (χ0v) is 7.64. The Kier molecular flexibility index (Phi) is 5330. The maximum absolute atomic E-state index is 4.73. The molecule has 0 aliphatic heterocycles. The van der Waals surface area contributed by atoms with Crippen molar-refractivity contribution < 1.29 is 56.7 Å². The van der Waals surface area contributed by atoms with Crippen LogP contribution in [0.3, 0.4) is 0 Å². The minimum atomic E-state index is 0. The Morgan fingerprint density at radius 1 is 0.455 bits per heavy atom. The van der Waals surface area contributed by atoms with Gasteiger partial charge in [0.25, 0.3) is 0 Å². The van der Waals surface area contributed by atoms with Gasteiger partial charge in [-0.15, -0.1) is 0 Å². The van der Waals surface area contributed by atoms with Gasteiger partial charge in [0.05, 0.1) is 0 Å². The van der Waals surface area contributed by atoms with Crippen molar-refractivity contribution in [1.29, 1.82) is 0 Å². The van der Waals surface area contributed by atoms with E-state index in [0.29, 0.717) is 12.9 Å². The van der Waals surface area contributed by atoms with Gasteiger partial charge in [-0.2, -0.15) is 0 Å². The van der Waals surface area contributed by atoms with Crippen molar-refractivity contribution in [3.05, 3.63) is 0 Å². The van der Waals surface area contributed by atoms with E-state index in [0.717, 1.165) is 0 Å². The SMILES string of the molecule is O.O.O.O.O.O.O.O.[Cl][Co][Cl]. The maximum atomic E-state index is 4.73. The summed E-state index contributed by atoms with van der Waals surface area (Å²) in [5.41, 5.74) is 0. The molecule has 0 aromatic rings. The molecule has 0 heterocycles. The third-order valence-corrected chi connectivity index (χ3v) is 0. The molecular formula is H16Cl2CoO8. The minimum absolute atomic E-state index is 0. The van der Waals surface area contributed by atoms with E-state index in [2.05, 4.69) is 0 Å². The zero-order chi connectivity index (χ0) is 2.71. The molecule has 0 unspecified atom stereocenters. The Balaban J connectivity index is -0.000000000714. The molecule has 16 N–H and O–H groups in total. The van der Waals surface area contributed by atoms with Gasteiger partial charge in [-0.3, -0.25) is 0 Å². The monoisotopic (exact) mass is 273 g/mol. The van der Waals surface area contributed by atoms with Crippen LogP contribution < -0.4 is 0 Å². The molecule has 0 bridgehead atoms. The summed E-state index contributed by atoms with van der Waals surface area (Å²) in [5, 5.41) is 0. The number of halogens is 2. The predicted molar refractivity (Wildman–Crippen MR) is 40.6 cm³/mol. The summed E-state index contributed by atoms with van der Waals surface area (Å²) in [4.78, 5) is 0. The molecule has 0 amide bonds. The normalized spacial score (nSPS) is 2.00. The van der Waals surface area contributed by atoms with E-state index in [1.807, 2.05) is 0 Å². The Labute approximate surface area is 77.4 Å². The molecule has 0 aromatic heterocycles. The van der Waals surface area contributed by atoms with Crippen LogP contribution in [-0.4, -0.2) is 43.8 Å². The molecule has 11 heavy (non-hydrogen) atoms. The van der Waals surface area contributed by atoms with Gasteiger partial charge < -0.3 is 43.8 Å². The van der Waals surface area contributed by atoms with Gasteiger partial charge in [-0.05, 0) is 0 Å². The number of hydrogen-bond acceptors (Lipinski definition) is 0. The molecule has 0 fully saturated rings. The van der Waals surface area contributed by atoms with Crippen molar-refractivity contribution in [3.63, 3.8) is 0 Å². The van der Waals surface area contributed by atoms with E-state index in [-0.39, 0.29) is 43.8 Å². The quantitative estimate of drug-likeness (QED) is 0.401. The molecule has 0 atom stereocenters. The van der Waals surface area contributed by atoms with Gasteiger partial charge in [-0.25, -0.2) is 0 Å². The van der Waals surface area contributed by atoms with Crippen molar-refractivity contribution in [2.75, 3.05) is 0 Å². The van der Waals surface area contributed by atoms with Crippen LogP contribution in [0.25, 0.3) is 0 Å². The molecule has 0 radical (unpaired) electrons. The van der Waals surface area contributed by atoms with E-state index < -0.39 is 0 Å². The first kappa shape index (κ1) is 178. The average molecular weight is 274 g/mol. The molecule has 0 aliphatic rings. The number of hydrogen-bond donors (Lipinski definition) is 0. The van der Waals surface area contributed by atoms with Crippen LogP contribution in [0.5, 0.6) is 0 Å². The summed E-state index contributed by atoms with van der Waals surface area (Å²) in [7, 11) is 9.47.